The van der Waals surface area contributed by atoms with Gasteiger partial charge in [0, 0.05) is 103 Å². The molecule has 0 spiro atoms. The molecule has 36 heteroatoms. The Balaban J connectivity index is 0.000000273. The topological polar surface area (TPSA) is 365 Å². The molecule has 0 saturated carbocycles. The summed E-state index contributed by atoms with van der Waals surface area (Å²) < 4.78 is 154. The highest BCUT2D eigenvalue weighted by Crippen LogP contribution is 2.44. The van der Waals surface area contributed by atoms with Gasteiger partial charge in [-0.15, -0.1) is 24.8 Å². The molecule has 4 unspecified atom stereocenters. The van der Waals surface area contributed by atoms with Gasteiger partial charge in [0.05, 0.1) is 68.5 Å². The Hall–Kier alpha value is -8.28. The van der Waals surface area contributed by atoms with E-state index in [0.717, 1.165) is 28.7 Å². The number of nitrogens with two attached hydrogens (primary N) is 4. The molecule has 12 rings (SSSR count). The highest BCUT2D eigenvalue weighted by atomic mass is 35.5. The molecule has 632 valence electrons. The predicted molar refractivity (Wildman–Crippen MR) is 433 cm³/mol. The van der Waals surface area contributed by atoms with E-state index in [1.165, 1.54) is 74.8 Å². The van der Waals surface area contributed by atoms with Gasteiger partial charge in [-0.2, -0.15) is 0 Å². The Morgan fingerprint density at radius 1 is 0.336 bits per heavy atom. The number of para-hydroxylation sites is 4. The van der Waals surface area contributed by atoms with E-state index in [4.69, 9.17) is 32.0 Å². The van der Waals surface area contributed by atoms with Crippen LogP contribution in [0.2, 0.25) is 5.02 Å². The number of anilines is 4. The summed E-state index contributed by atoms with van der Waals surface area (Å²) in [4.78, 5) is 43.4. The molecule has 0 saturated heterocycles. The summed E-state index contributed by atoms with van der Waals surface area (Å²) in [7, 11) is -9.09. The average molecular weight is 1790 g/mol. The zero-order chi connectivity index (χ0) is 81.9. The van der Waals surface area contributed by atoms with E-state index in [2.05, 4.69) is 5.32 Å². The first-order valence-corrected chi connectivity index (χ1v) is 42.8. The van der Waals surface area contributed by atoms with E-state index in [9.17, 15) is 66.0 Å². The lowest BCUT2D eigenvalue weighted by molar-refractivity contribution is -0.687. The zero-order valence-electron chi connectivity index (χ0n) is 65.0. The number of carbonyl (C=O) groups is 4. The number of halogens is 8. The zero-order valence-corrected chi connectivity index (χ0v) is 72.1. The number of fused-ring (bicyclic) bond motifs is 8. The number of quaternary nitrogens is 4. The van der Waals surface area contributed by atoms with Crippen LogP contribution in [0.3, 0.4) is 0 Å². The fourth-order valence-corrected chi connectivity index (χ4v) is 20.6. The number of nitrogens with zero attached hydrogens (tertiary/aromatic N) is 4. The van der Waals surface area contributed by atoms with Gasteiger partial charge in [-0.1, -0.05) is 84.4 Å². The molecule has 0 bridgehead atoms. The van der Waals surface area contributed by atoms with Gasteiger partial charge in [0.25, 0.3) is 40.1 Å². The smallest absolute Gasteiger partial charge is 0.303 e. The van der Waals surface area contributed by atoms with Crippen molar-refractivity contribution in [1.82, 2.24) is 0 Å². The van der Waals surface area contributed by atoms with Crippen molar-refractivity contribution >= 4 is 123 Å². The standard InChI is InChI=1S/C20H23ClN2O4S.3C20H23FN2O4S.4ClH/c4*1-13-11-18-15(12-16(13)21)20(22-10-6-5-9-19(24)25)14-7-3-4-8-17(14)23(2)28(18,26)27;;;;/h4*3-4,7-8,11-12,20,22H,5-6,9-10H2,1-2H3,(H,24,25);4*1H/p+2. The molecule has 12 N–H and O–H groups in total. The monoisotopic (exact) mass is 1790 g/mol. The minimum absolute atomic E-state index is 0. The van der Waals surface area contributed by atoms with Crippen LogP contribution in [0.25, 0.3) is 0 Å². The third-order valence-corrected chi connectivity index (χ3v) is 28.2. The fourth-order valence-electron chi connectivity index (χ4n) is 14.3. The van der Waals surface area contributed by atoms with E-state index in [0.29, 0.717) is 127 Å². The maximum atomic E-state index is 14.4. The molecule has 4 aliphatic heterocycles. The number of hydrogen-bond acceptors (Lipinski definition) is 12. The van der Waals surface area contributed by atoms with Gasteiger partial charge in [0.2, 0.25) is 0 Å². The average Bonchev–Trinajstić information content (AvgIpc) is 1.63. The minimum atomic E-state index is -3.82. The lowest BCUT2D eigenvalue weighted by Gasteiger charge is -2.20. The Morgan fingerprint density at radius 3 is 0.750 bits per heavy atom. The van der Waals surface area contributed by atoms with Crippen LogP contribution < -0.4 is 63.3 Å². The number of benzene rings is 8. The van der Waals surface area contributed by atoms with Crippen LogP contribution in [0, 0.1) is 45.1 Å². The van der Waals surface area contributed by atoms with Crippen LogP contribution >= 0.6 is 36.4 Å². The van der Waals surface area contributed by atoms with E-state index in [1.807, 2.05) is 70.5 Å². The highest BCUT2D eigenvalue weighted by molar-refractivity contribution is 7.93. The van der Waals surface area contributed by atoms with E-state index < -0.39 is 99.5 Å². The first kappa shape index (κ1) is 98.3. The highest BCUT2D eigenvalue weighted by Gasteiger charge is 2.42. The fraction of sp³-hybridized carbons (Fsp3) is 0.350. The van der Waals surface area contributed by atoms with Gasteiger partial charge in [-0.25, -0.2) is 46.8 Å². The van der Waals surface area contributed by atoms with Crippen molar-refractivity contribution in [2.24, 2.45) is 0 Å². The van der Waals surface area contributed by atoms with Gasteiger partial charge in [-0.3, -0.25) is 36.4 Å². The molecule has 4 aliphatic rings. The Bertz CT molecular complexity index is 4710. The van der Waals surface area contributed by atoms with E-state index >= 15 is 0 Å². The summed E-state index contributed by atoms with van der Waals surface area (Å²) in [5.41, 5.74) is 9.02. The Labute approximate surface area is 705 Å². The molecule has 0 aromatic heterocycles. The summed E-state index contributed by atoms with van der Waals surface area (Å²) >= 11 is 6.35. The van der Waals surface area contributed by atoms with Crippen LogP contribution in [0.5, 0.6) is 0 Å². The van der Waals surface area contributed by atoms with Gasteiger partial charge in [-0.05, 0) is 174 Å². The first-order chi connectivity index (χ1) is 52.9. The molecule has 116 heavy (non-hydrogen) atoms. The van der Waals surface area contributed by atoms with E-state index in [-0.39, 0.29) is 118 Å². The van der Waals surface area contributed by atoms with Crippen molar-refractivity contribution in [3.63, 3.8) is 0 Å². The van der Waals surface area contributed by atoms with Crippen molar-refractivity contribution in [3.8, 4) is 0 Å². The molecule has 8 aromatic rings. The second kappa shape index (κ2) is 42.4. The molecule has 24 nitrogen and oxygen atoms in total. The number of aryl methyl sites for hydroxylation is 4. The van der Waals surface area contributed by atoms with Crippen LogP contribution in [0.4, 0.5) is 35.9 Å². The Morgan fingerprint density at radius 2 is 0.534 bits per heavy atom. The number of sulfonamides is 4. The molecular formula is C80H98Cl5F3N8O16S4+2. The maximum Gasteiger partial charge on any atom is 0.303 e. The third kappa shape index (κ3) is 22.4. The normalized spacial score (nSPS) is 16.9. The van der Waals surface area contributed by atoms with Gasteiger partial charge < -0.3 is 66.5 Å². The van der Waals surface area contributed by atoms with Crippen molar-refractivity contribution in [1.29, 1.82) is 0 Å². The lowest BCUT2D eigenvalue weighted by atomic mass is 9.95. The molecule has 0 amide bonds. The number of carboxylic acids is 4. The third-order valence-electron chi connectivity index (χ3n) is 20.5. The van der Waals surface area contributed by atoms with Gasteiger partial charge in [0.1, 0.15) is 41.6 Å². The second-order valence-corrected chi connectivity index (χ2v) is 36.3. The number of rotatable bonds is 24. The number of aliphatic carboxylic acids is 4. The predicted octanol–water partition coefficient (Wildman–Crippen LogP) is 4.09. The molecule has 0 radical (unpaired) electrons. The lowest BCUT2D eigenvalue weighted by Crippen LogP contribution is -3.00. The van der Waals surface area contributed by atoms with Crippen LogP contribution in [0.15, 0.2) is 165 Å². The minimum Gasteiger partial charge on any atom is -1.00 e. The summed E-state index contributed by atoms with van der Waals surface area (Å²) in [6.45, 7) is 8.93. The number of unbranched alkanes of at least 4 members (excludes halogenated alkanes) is 4. The first-order valence-electron chi connectivity index (χ1n) is 36.6. The molecule has 4 heterocycles. The van der Waals surface area contributed by atoms with Gasteiger partial charge >= 0.3 is 23.9 Å². The number of carboxylic acid groups (broad SMARTS) is 4. The quantitative estimate of drug-likeness (QED) is 0.0395. The van der Waals surface area contributed by atoms with E-state index in [1.54, 1.807) is 89.3 Å². The molecule has 0 fully saturated rings. The largest absolute Gasteiger partial charge is 1.00 e. The number of hydrogen-bond donors (Lipinski definition) is 8. The van der Waals surface area contributed by atoms with Crippen LogP contribution in [0.1, 0.15) is 168 Å². The Kier molecular flexibility index (Phi) is 35.9. The second-order valence-electron chi connectivity index (χ2n) is 28.1. The summed E-state index contributed by atoms with van der Waals surface area (Å²) in [5, 5.41) is 43.6. The van der Waals surface area contributed by atoms with Crippen LogP contribution in [-0.2, 0) is 59.3 Å². The van der Waals surface area contributed by atoms with Crippen LogP contribution in [-0.4, -0.2) is 132 Å². The summed E-state index contributed by atoms with van der Waals surface area (Å²) in [5.74, 6) is -4.65. The molecule has 4 atom stereocenters. The SMILES string of the molecule is Cc1cc2c(cc1Cl)C([NH2+]CCCCC(=O)O)c1ccccc1N(C)S2(=O)=O.Cc1cc2c(cc1F)C([NH2+]CCCCC(=O)O)c1ccccc1N(C)S2(=O)=O.Cc1cc2c(cc1F)C([NH2+]CCCCC(=O)O)c1ccccc1N(C)S2(=O)=O.Cc1cc2c(cc1F)C([NH2+]CCCCC(=O)O)c1ccccc1N(C)S2(=O)=O.Cl.Cl.[Cl-].[Cl-]. The molecule has 0 aliphatic carbocycles. The van der Waals surface area contributed by atoms with Crippen molar-refractivity contribution < 1.29 is 133 Å². The molecular weight excluding hydrogens is 1690 g/mol. The van der Waals surface area contributed by atoms with Crippen molar-refractivity contribution in [3.05, 3.63) is 235 Å². The summed E-state index contributed by atoms with van der Waals surface area (Å²) in [6, 6.07) is 39.2. The summed E-state index contributed by atoms with van der Waals surface area (Å²) in [6.07, 6.45) is 5.32. The molecule has 8 aromatic carbocycles. The maximum absolute atomic E-state index is 14.4. The van der Waals surface area contributed by atoms with Gasteiger partial charge in [0.15, 0.2) is 0 Å². The van der Waals surface area contributed by atoms with Crippen molar-refractivity contribution in [2.75, 3.05) is 71.6 Å². The van der Waals surface area contributed by atoms with Crippen molar-refractivity contribution in [2.45, 2.75) is 148 Å².